The number of aliphatic hydroxyl groups excluding tert-OH is 1. The van der Waals surface area contributed by atoms with E-state index >= 15 is 0 Å². The Morgan fingerprint density at radius 3 is 2.28 bits per heavy atom. The molecule has 0 aliphatic carbocycles. The molecule has 3 amide bonds. The van der Waals surface area contributed by atoms with E-state index in [1.165, 1.54) is 0 Å². The highest BCUT2D eigenvalue weighted by Crippen LogP contribution is 2.17. The first-order chi connectivity index (χ1) is 17.2. The Morgan fingerprint density at radius 1 is 0.917 bits per heavy atom. The Hall–Kier alpha value is -3.75. The topological polar surface area (TPSA) is 134 Å². The van der Waals surface area contributed by atoms with Crippen LogP contribution in [0.1, 0.15) is 25.0 Å². The molecule has 0 spiro atoms. The summed E-state index contributed by atoms with van der Waals surface area (Å²) in [4.78, 5) is 38.7. The number of benzene rings is 3. The summed E-state index contributed by atoms with van der Waals surface area (Å²) in [5.41, 5.74) is 5.87. The van der Waals surface area contributed by atoms with Gasteiger partial charge in [0.1, 0.15) is 11.6 Å². The highest BCUT2D eigenvalue weighted by atomic mass is 16.3. The van der Waals surface area contributed by atoms with Gasteiger partial charge in [-0.2, -0.15) is 0 Å². The fraction of sp³-hybridized carbons (Fsp3) is 0.321. The molecule has 2 atom stereocenters. The van der Waals surface area contributed by atoms with Gasteiger partial charge in [0.15, 0.2) is 0 Å². The summed E-state index contributed by atoms with van der Waals surface area (Å²) in [5.74, 6) is -1.25. The Morgan fingerprint density at radius 2 is 1.58 bits per heavy atom. The molecule has 0 aliphatic heterocycles. The summed E-state index contributed by atoms with van der Waals surface area (Å²) in [5, 5.41) is 20.0. The number of nitrogens with two attached hydrogens (primary N) is 1. The lowest BCUT2D eigenvalue weighted by Crippen LogP contribution is -2.59. The minimum absolute atomic E-state index is 0.00244. The van der Waals surface area contributed by atoms with Crippen LogP contribution in [0.2, 0.25) is 0 Å². The van der Waals surface area contributed by atoms with E-state index in [0.717, 1.165) is 21.9 Å². The zero-order valence-electron chi connectivity index (χ0n) is 20.7. The molecule has 3 aromatic carbocycles. The lowest BCUT2D eigenvalue weighted by Gasteiger charge is -2.28. The molecule has 6 N–H and O–H groups in total. The average molecular weight is 491 g/mol. The monoisotopic (exact) mass is 490 g/mol. The third-order valence-electron chi connectivity index (χ3n) is 5.89. The van der Waals surface area contributed by atoms with E-state index in [4.69, 9.17) is 5.73 Å². The second-order valence-corrected chi connectivity index (χ2v) is 9.38. The van der Waals surface area contributed by atoms with Crippen LogP contribution < -0.4 is 21.7 Å². The van der Waals surface area contributed by atoms with Gasteiger partial charge in [0.05, 0.1) is 12.5 Å². The standard InChI is InChI=1S/C28H34N4O4/c1-28(2,32-25(34)16-19-8-4-3-5-9-19)27(36)31-24(26(35)30-18-23(33)17-29)15-20-12-13-21-10-6-7-11-22(21)14-20/h3-14,23-24,33H,15-18,29H2,1-2H3,(H,30,35)(H,31,36)(H,32,34). The van der Waals surface area contributed by atoms with Gasteiger partial charge in [0, 0.05) is 19.5 Å². The molecular formula is C28H34N4O4. The van der Waals surface area contributed by atoms with Gasteiger partial charge in [0.25, 0.3) is 0 Å². The third kappa shape index (κ3) is 7.63. The summed E-state index contributed by atoms with van der Waals surface area (Å²) in [6.45, 7) is 3.15. The molecule has 36 heavy (non-hydrogen) atoms. The molecule has 0 saturated carbocycles. The number of fused-ring (bicyclic) bond motifs is 1. The molecule has 0 radical (unpaired) electrons. The van der Waals surface area contributed by atoms with Crippen LogP contribution in [0.4, 0.5) is 0 Å². The Labute approximate surface area is 211 Å². The molecule has 2 unspecified atom stereocenters. The Bertz CT molecular complexity index is 1200. The van der Waals surface area contributed by atoms with Crippen LogP contribution >= 0.6 is 0 Å². The van der Waals surface area contributed by atoms with Gasteiger partial charge < -0.3 is 26.8 Å². The summed E-state index contributed by atoms with van der Waals surface area (Å²) in [6, 6.07) is 22.0. The molecule has 0 bridgehead atoms. The van der Waals surface area contributed by atoms with Crippen molar-refractivity contribution in [3.05, 3.63) is 83.9 Å². The minimum Gasteiger partial charge on any atom is -0.390 e. The van der Waals surface area contributed by atoms with Crippen molar-refractivity contribution < 1.29 is 19.5 Å². The first kappa shape index (κ1) is 26.8. The number of carbonyl (C=O) groups excluding carboxylic acids is 3. The number of amides is 3. The molecular weight excluding hydrogens is 456 g/mol. The fourth-order valence-corrected chi connectivity index (χ4v) is 3.81. The van der Waals surface area contributed by atoms with Gasteiger partial charge in [-0.05, 0) is 35.7 Å². The van der Waals surface area contributed by atoms with Crippen molar-refractivity contribution in [3.63, 3.8) is 0 Å². The molecule has 8 heteroatoms. The molecule has 0 heterocycles. The van der Waals surface area contributed by atoms with Crippen LogP contribution in [-0.2, 0) is 27.2 Å². The lowest BCUT2D eigenvalue weighted by atomic mass is 9.98. The van der Waals surface area contributed by atoms with E-state index in [-0.39, 0.29) is 31.8 Å². The molecule has 8 nitrogen and oxygen atoms in total. The highest BCUT2D eigenvalue weighted by Gasteiger charge is 2.33. The second-order valence-electron chi connectivity index (χ2n) is 9.38. The maximum atomic E-state index is 13.2. The van der Waals surface area contributed by atoms with Crippen LogP contribution in [0.3, 0.4) is 0 Å². The van der Waals surface area contributed by atoms with Crippen LogP contribution in [0, 0.1) is 0 Å². The maximum absolute atomic E-state index is 13.2. The van der Waals surface area contributed by atoms with Crippen molar-refractivity contribution in [1.29, 1.82) is 0 Å². The first-order valence-electron chi connectivity index (χ1n) is 12.0. The number of hydrogen-bond donors (Lipinski definition) is 5. The number of nitrogens with one attached hydrogen (secondary N) is 3. The van der Waals surface area contributed by atoms with E-state index in [1.54, 1.807) is 13.8 Å². The van der Waals surface area contributed by atoms with Crippen LogP contribution in [0.15, 0.2) is 72.8 Å². The van der Waals surface area contributed by atoms with Gasteiger partial charge in [-0.15, -0.1) is 0 Å². The predicted molar refractivity (Wildman–Crippen MR) is 140 cm³/mol. The summed E-state index contributed by atoms with van der Waals surface area (Å²) < 4.78 is 0. The van der Waals surface area contributed by atoms with Gasteiger partial charge in [-0.25, -0.2) is 0 Å². The molecule has 3 aromatic rings. The van der Waals surface area contributed by atoms with Crippen molar-refractivity contribution in [2.24, 2.45) is 5.73 Å². The SMILES string of the molecule is CC(C)(NC(=O)Cc1ccccc1)C(=O)NC(Cc1ccc2ccccc2c1)C(=O)NCC(O)CN. The molecule has 0 fully saturated rings. The summed E-state index contributed by atoms with van der Waals surface area (Å²) in [6.07, 6.45) is -0.523. The first-order valence-corrected chi connectivity index (χ1v) is 12.0. The zero-order valence-corrected chi connectivity index (χ0v) is 20.7. The minimum atomic E-state index is -1.26. The van der Waals surface area contributed by atoms with Crippen molar-refractivity contribution in [2.75, 3.05) is 13.1 Å². The third-order valence-corrected chi connectivity index (χ3v) is 5.89. The normalized spacial score (nSPS) is 13.0. The smallest absolute Gasteiger partial charge is 0.245 e. The maximum Gasteiger partial charge on any atom is 0.245 e. The number of rotatable bonds is 11. The average Bonchev–Trinajstić information content (AvgIpc) is 2.86. The molecule has 0 saturated heterocycles. The van der Waals surface area contributed by atoms with Crippen LogP contribution in [0.25, 0.3) is 10.8 Å². The van der Waals surface area contributed by atoms with Gasteiger partial charge in [-0.1, -0.05) is 72.8 Å². The lowest BCUT2D eigenvalue weighted by molar-refractivity contribution is -0.134. The van der Waals surface area contributed by atoms with E-state index < -0.39 is 29.5 Å². The second kappa shape index (κ2) is 12.3. The zero-order chi connectivity index (χ0) is 26.1. The predicted octanol–water partition coefficient (Wildman–Crippen LogP) is 1.44. The van der Waals surface area contributed by atoms with Crippen LogP contribution in [-0.4, -0.2) is 53.6 Å². The summed E-state index contributed by atoms with van der Waals surface area (Å²) in [7, 11) is 0. The largest absolute Gasteiger partial charge is 0.390 e. The van der Waals surface area contributed by atoms with Gasteiger partial charge >= 0.3 is 0 Å². The number of hydrogen-bond acceptors (Lipinski definition) is 5. The van der Waals surface area contributed by atoms with Crippen molar-refractivity contribution >= 4 is 28.5 Å². The molecule has 0 aliphatic rings. The van der Waals surface area contributed by atoms with E-state index in [1.807, 2.05) is 72.8 Å². The van der Waals surface area contributed by atoms with Crippen molar-refractivity contribution in [3.8, 4) is 0 Å². The van der Waals surface area contributed by atoms with E-state index in [9.17, 15) is 19.5 Å². The van der Waals surface area contributed by atoms with Crippen molar-refractivity contribution in [1.82, 2.24) is 16.0 Å². The van der Waals surface area contributed by atoms with E-state index in [0.29, 0.717) is 0 Å². The molecule has 190 valence electrons. The van der Waals surface area contributed by atoms with Crippen molar-refractivity contribution in [2.45, 2.75) is 44.4 Å². The van der Waals surface area contributed by atoms with Gasteiger partial charge in [0.2, 0.25) is 17.7 Å². The number of aliphatic hydroxyl groups is 1. The molecule has 0 aromatic heterocycles. The van der Waals surface area contributed by atoms with Crippen LogP contribution in [0.5, 0.6) is 0 Å². The Balaban J connectivity index is 1.72. The Kier molecular flexibility index (Phi) is 9.16. The number of carbonyl (C=O) groups is 3. The fourth-order valence-electron chi connectivity index (χ4n) is 3.81. The van der Waals surface area contributed by atoms with Gasteiger partial charge in [-0.3, -0.25) is 14.4 Å². The highest BCUT2D eigenvalue weighted by molar-refractivity contribution is 5.95. The van der Waals surface area contributed by atoms with E-state index in [2.05, 4.69) is 16.0 Å². The molecule has 3 rings (SSSR count). The quantitative estimate of drug-likeness (QED) is 0.277. The summed E-state index contributed by atoms with van der Waals surface area (Å²) >= 11 is 0.